The van der Waals surface area contributed by atoms with Gasteiger partial charge in [-0.25, -0.2) is 0 Å². The fourth-order valence-electron chi connectivity index (χ4n) is 2.36. The molecule has 0 spiro atoms. The average Bonchev–Trinajstić information content (AvgIpc) is 2.70. The monoisotopic (exact) mass is 291 g/mol. The normalized spacial score (nSPS) is 16.6. The van der Waals surface area contributed by atoms with Crippen molar-refractivity contribution in [1.29, 1.82) is 0 Å². The molecule has 0 saturated heterocycles. The van der Waals surface area contributed by atoms with Crippen molar-refractivity contribution in [2.24, 2.45) is 0 Å². The summed E-state index contributed by atoms with van der Waals surface area (Å²) >= 11 is 0. The Hall–Kier alpha value is -2.08. The second kappa shape index (κ2) is 6.13. The Morgan fingerprint density at radius 2 is 2.19 bits per heavy atom. The van der Waals surface area contributed by atoms with Gasteiger partial charge in [0.25, 0.3) is 5.91 Å². The number of rotatable bonds is 5. The Bertz CT molecular complexity index is 557. The van der Waals surface area contributed by atoms with E-state index in [0.29, 0.717) is 17.8 Å². The van der Waals surface area contributed by atoms with Crippen LogP contribution in [0.15, 0.2) is 18.2 Å². The number of nitrogens with zero attached hydrogens (tertiary/aromatic N) is 1. The van der Waals surface area contributed by atoms with E-state index in [1.54, 1.807) is 12.1 Å². The number of nitrogens with one attached hydrogen (secondary N) is 2. The molecule has 1 aromatic carbocycles. The predicted octanol–water partition coefficient (Wildman–Crippen LogP) is 1.02. The Morgan fingerprint density at radius 3 is 2.81 bits per heavy atom. The minimum Gasteiger partial charge on any atom is -0.378 e. The molecule has 0 aromatic heterocycles. The molecule has 1 heterocycles. The number of amides is 2. The van der Waals surface area contributed by atoms with Crippen LogP contribution in [-0.2, 0) is 9.59 Å². The van der Waals surface area contributed by atoms with Gasteiger partial charge in [0.2, 0.25) is 5.91 Å². The number of hydrogen-bond donors (Lipinski definition) is 3. The molecule has 1 atom stereocenters. The van der Waals surface area contributed by atoms with Crippen LogP contribution in [0.2, 0.25) is 0 Å². The molecule has 1 aliphatic rings. The summed E-state index contributed by atoms with van der Waals surface area (Å²) < 4.78 is 0. The average molecular weight is 291 g/mol. The third-order valence-corrected chi connectivity index (χ3v) is 3.37. The van der Waals surface area contributed by atoms with Crippen molar-refractivity contribution in [1.82, 2.24) is 5.32 Å². The van der Waals surface area contributed by atoms with E-state index < -0.39 is 12.0 Å². The van der Waals surface area contributed by atoms with Crippen LogP contribution < -0.4 is 15.5 Å². The van der Waals surface area contributed by atoms with Crippen LogP contribution in [0.4, 0.5) is 11.4 Å². The van der Waals surface area contributed by atoms with E-state index in [0.717, 1.165) is 5.69 Å². The number of anilines is 2. The van der Waals surface area contributed by atoms with Crippen LogP contribution in [0.25, 0.3) is 0 Å². The lowest BCUT2D eigenvalue weighted by molar-refractivity contribution is -0.123. The summed E-state index contributed by atoms with van der Waals surface area (Å²) in [4.78, 5) is 25.2. The van der Waals surface area contributed by atoms with Crippen LogP contribution >= 0.6 is 0 Å². The number of likely N-dealkylation sites (N-methyl/N-ethyl adjacent to an activating group) is 1. The Balaban J connectivity index is 2.15. The number of aliphatic hydroxyl groups is 1. The molecule has 1 unspecified atom stereocenters. The summed E-state index contributed by atoms with van der Waals surface area (Å²) in [6, 6.07) is 5.42. The second-order valence-electron chi connectivity index (χ2n) is 5.40. The zero-order valence-electron chi connectivity index (χ0n) is 12.5. The van der Waals surface area contributed by atoms with Gasteiger partial charge in [-0.15, -0.1) is 0 Å². The molecular weight excluding hydrogens is 270 g/mol. The van der Waals surface area contributed by atoms with Crippen LogP contribution in [0, 0.1) is 0 Å². The molecule has 6 nitrogen and oxygen atoms in total. The van der Waals surface area contributed by atoms with Crippen LogP contribution in [0.3, 0.4) is 0 Å². The molecule has 21 heavy (non-hydrogen) atoms. The number of carbonyl (C=O) groups excluding carboxylic acids is 2. The highest BCUT2D eigenvalue weighted by molar-refractivity contribution is 6.02. The van der Waals surface area contributed by atoms with Gasteiger partial charge < -0.3 is 20.6 Å². The number of benzene rings is 1. The maximum absolute atomic E-state index is 11.9. The summed E-state index contributed by atoms with van der Waals surface area (Å²) in [7, 11) is 0. The first-order chi connectivity index (χ1) is 9.92. The van der Waals surface area contributed by atoms with Crippen molar-refractivity contribution in [2.45, 2.75) is 32.9 Å². The summed E-state index contributed by atoms with van der Waals surface area (Å²) in [5, 5.41) is 15.2. The zero-order chi connectivity index (χ0) is 15.6. The SMILES string of the molecule is CCN(CC(=O)NC(C)C)c1ccc2c(c1)NC(=O)C2O. The highest BCUT2D eigenvalue weighted by atomic mass is 16.3. The summed E-state index contributed by atoms with van der Waals surface area (Å²) in [5.74, 6) is -0.459. The molecule has 2 amide bonds. The maximum atomic E-state index is 11.9. The molecule has 3 N–H and O–H groups in total. The van der Waals surface area contributed by atoms with Gasteiger partial charge in [0.05, 0.1) is 6.54 Å². The largest absolute Gasteiger partial charge is 0.378 e. The van der Waals surface area contributed by atoms with Crippen molar-refractivity contribution in [2.75, 3.05) is 23.3 Å². The van der Waals surface area contributed by atoms with Crippen molar-refractivity contribution in [3.05, 3.63) is 23.8 Å². The molecule has 1 aliphatic heterocycles. The number of aliphatic hydroxyl groups excluding tert-OH is 1. The van der Waals surface area contributed by atoms with Gasteiger partial charge in [-0.05, 0) is 32.9 Å². The van der Waals surface area contributed by atoms with Gasteiger partial charge in [-0.1, -0.05) is 6.07 Å². The molecule has 0 bridgehead atoms. The number of carbonyl (C=O) groups is 2. The minimum absolute atomic E-state index is 0.0450. The lowest BCUT2D eigenvalue weighted by Gasteiger charge is -2.23. The topological polar surface area (TPSA) is 81.7 Å². The lowest BCUT2D eigenvalue weighted by atomic mass is 10.1. The van der Waals surface area contributed by atoms with E-state index in [1.807, 2.05) is 31.7 Å². The predicted molar refractivity (Wildman–Crippen MR) is 81.2 cm³/mol. The molecule has 0 aliphatic carbocycles. The third-order valence-electron chi connectivity index (χ3n) is 3.37. The number of hydrogen-bond acceptors (Lipinski definition) is 4. The van der Waals surface area contributed by atoms with Crippen molar-refractivity contribution < 1.29 is 14.7 Å². The molecule has 0 saturated carbocycles. The van der Waals surface area contributed by atoms with E-state index in [1.165, 1.54) is 0 Å². The quantitative estimate of drug-likeness (QED) is 0.756. The van der Waals surface area contributed by atoms with Crippen molar-refractivity contribution in [3.63, 3.8) is 0 Å². The highest BCUT2D eigenvalue weighted by Gasteiger charge is 2.28. The highest BCUT2D eigenvalue weighted by Crippen LogP contribution is 2.33. The van der Waals surface area contributed by atoms with E-state index in [-0.39, 0.29) is 18.5 Å². The smallest absolute Gasteiger partial charge is 0.257 e. The first-order valence-electron chi connectivity index (χ1n) is 7.09. The zero-order valence-corrected chi connectivity index (χ0v) is 12.5. The van der Waals surface area contributed by atoms with Crippen LogP contribution in [-0.4, -0.2) is 36.1 Å². The summed E-state index contributed by atoms with van der Waals surface area (Å²) in [6.45, 7) is 6.72. The first-order valence-corrected chi connectivity index (χ1v) is 7.09. The molecule has 2 rings (SSSR count). The molecule has 0 radical (unpaired) electrons. The molecular formula is C15H21N3O3. The standard InChI is InChI=1S/C15H21N3O3/c1-4-18(8-13(19)16-9(2)3)10-5-6-11-12(7-10)17-15(21)14(11)20/h5-7,9,14,20H,4,8H2,1-3H3,(H,16,19)(H,17,21). The molecule has 1 aromatic rings. The first kappa shape index (κ1) is 15.3. The van der Waals surface area contributed by atoms with Crippen LogP contribution in [0.5, 0.6) is 0 Å². The van der Waals surface area contributed by atoms with Gasteiger partial charge >= 0.3 is 0 Å². The molecule has 0 fully saturated rings. The van der Waals surface area contributed by atoms with E-state index >= 15 is 0 Å². The number of fused-ring (bicyclic) bond motifs is 1. The van der Waals surface area contributed by atoms with E-state index in [4.69, 9.17) is 0 Å². The molecule has 114 valence electrons. The van der Waals surface area contributed by atoms with Crippen molar-refractivity contribution >= 4 is 23.2 Å². The van der Waals surface area contributed by atoms with Gasteiger partial charge in [0.1, 0.15) is 0 Å². The van der Waals surface area contributed by atoms with E-state index in [9.17, 15) is 14.7 Å². The van der Waals surface area contributed by atoms with Gasteiger partial charge in [-0.2, -0.15) is 0 Å². The molecule has 6 heteroatoms. The maximum Gasteiger partial charge on any atom is 0.257 e. The fourth-order valence-corrected chi connectivity index (χ4v) is 2.36. The third kappa shape index (κ3) is 3.33. The summed E-state index contributed by atoms with van der Waals surface area (Å²) in [6.07, 6.45) is -1.10. The fraction of sp³-hybridized carbons (Fsp3) is 0.467. The Labute approximate surface area is 124 Å². The van der Waals surface area contributed by atoms with Gasteiger partial charge in [-0.3, -0.25) is 9.59 Å². The van der Waals surface area contributed by atoms with E-state index in [2.05, 4.69) is 10.6 Å². The van der Waals surface area contributed by atoms with Gasteiger partial charge in [0, 0.05) is 29.5 Å². The minimum atomic E-state index is -1.10. The second-order valence-corrected chi connectivity index (χ2v) is 5.40. The van der Waals surface area contributed by atoms with Crippen LogP contribution in [0.1, 0.15) is 32.4 Å². The summed E-state index contributed by atoms with van der Waals surface area (Å²) in [5.41, 5.74) is 2.02. The van der Waals surface area contributed by atoms with Gasteiger partial charge in [0.15, 0.2) is 6.10 Å². The Kier molecular flexibility index (Phi) is 4.47. The van der Waals surface area contributed by atoms with Crippen molar-refractivity contribution in [3.8, 4) is 0 Å². The Morgan fingerprint density at radius 1 is 1.48 bits per heavy atom. The lowest BCUT2D eigenvalue weighted by Crippen LogP contribution is -2.40.